The standard InChI is InChI=1S/C90H59B2F2N5S/c93-78-44-26-41-73(64-31-12-3-13-32-64)88(78)99-82-56-71(95(65-33-14-4-15-34-65)66-35-16-5-17-36-66)55-81-85(82)91(74-42-22-24-45-79(74)97(81)67-37-18-6-19-38-67)76-59-77-90(87(94)89(76)99)100-84-58-72(57-83-86(84)92(77)75-43-23-25-46-80(75)98(83)68-39-20-7-21-40-68)96(69-51-47-62(48-52-69)60-27-8-1-9-28-60)70-53-49-63(50-54-70)61-29-10-2-11-30-61/h1-59H. The molecule has 0 saturated carbocycles. The van der Waals surface area contributed by atoms with Crippen LogP contribution in [0.1, 0.15) is 0 Å². The quantitative estimate of drug-likeness (QED) is 0.113. The van der Waals surface area contributed by atoms with E-state index in [1.165, 1.54) is 17.8 Å². The monoisotopic (exact) mass is 1300 g/mol. The molecule has 19 rings (SSSR count). The minimum absolute atomic E-state index is 0.252. The van der Waals surface area contributed by atoms with E-state index in [-0.39, 0.29) is 5.69 Å². The summed E-state index contributed by atoms with van der Waals surface area (Å²) in [5, 5.41) is 0. The van der Waals surface area contributed by atoms with Crippen molar-refractivity contribution in [3.05, 3.63) is 370 Å². The number of halogens is 2. The summed E-state index contributed by atoms with van der Waals surface area (Å²) < 4.78 is 39.4. The highest BCUT2D eigenvalue weighted by molar-refractivity contribution is 8.00. The van der Waals surface area contributed by atoms with Crippen molar-refractivity contribution in [1.82, 2.24) is 0 Å². The maximum absolute atomic E-state index is 20.8. The fourth-order valence-corrected chi connectivity index (χ4v) is 17.1. The molecule has 470 valence electrons. The lowest BCUT2D eigenvalue weighted by Gasteiger charge is -2.46. The average Bonchev–Trinajstić information content (AvgIpc) is 0.684. The molecule has 15 aromatic carbocycles. The summed E-state index contributed by atoms with van der Waals surface area (Å²) in [7, 11) is 0. The Morgan fingerprint density at radius 2 is 0.660 bits per heavy atom. The minimum atomic E-state index is -0.530. The van der Waals surface area contributed by atoms with E-state index in [9.17, 15) is 0 Å². The van der Waals surface area contributed by atoms with Crippen LogP contribution in [0.15, 0.2) is 368 Å². The fraction of sp³-hybridized carbons (Fsp3) is 0. The molecule has 0 fully saturated rings. The van der Waals surface area contributed by atoms with Gasteiger partial charge in [-0.2, -0.15) is 0 Å². The largest absolute Gasteiger partial charge is 0.311 e. The highest BCUT2D eigenvalue weighted by atomic mass is 32.2. The predicted molar refractivity (Wildman–Crippen MR) is 416 cm³/mol. The van der Waals surface area contributed by atoms with E-state index in [4.69, 9.17) is 0 Å². The summed E-state index contributed by atoms with van der Waals surface area (Å²) in [5.41, 5.74) is 24.1. The Kier molecular flexibility index (Phi) is 14.3. The molecule has 0 unspecified atom stereocenters. The first-order valence-corrected chi connectivity index (χ1v) is 34.7. The summed E-state index contributed by atoms with van der Waals surface area (Å²) in [4.78, 5) is 12.7. The average molecular weight is 1300 g/mol. The summed E-state index contributed by atoms with van der Waals surface area (Å²) >= 11 is 1.47. The van der Waals surface area contributed by atoms with Crippen LogP contribution in [-0.2, 0) is 0 Å². The number of para-hydroxylation sites is 7. The Morgan fingerprint density at radius 1 is 0.270 bits per heavy atom. The van der Waals surface area contributed by atoms with Crippen molar-refractivity contribution in [2.45, 2.75) is 9.79 Å². The van der Waals surface area contributed by atoms with Gasteiger partial charge in [-0.3, -0.25) is 0 Å². The van der Waals surface area contributed by atoms with E-state index in [1.807, 2.05) is 71.6 Å². The van der Waals surface area contributed by atoms with Gasteiger partial charge < -0.3 is 24.5 Å². The van der Waals surface area contributed by atoms with E-state index < -0.39 is 25.1 Å². The summed E-state index contributed by atoms with van der Waals surface area (Å²) in [6.07, 6.45) is 0. The first-order chi connectivity index (χ1) is 49.5. The lowest BCUT2D eigenvalue weighted by atomic mass is 9.31. The van der Waals surface area contributed by atoms with Gasteiger partial charge in [0.05, 0.1) is 17.1 Å². The van der Waals surface area contributed by atoms with Crippen LogP contribution < -0.4 is 57.3 Å². The third-order valence-electron chi connectivity index (χ3n) is 20.1. The number of hydrogen-bond acceptors (Lipinski definition) is 6. The number of hydrogen-bond donors (Lipinski definition) is 0. The van der Waals surface area contributed by atoms with Crippen LogP contribution >= 0.6 is 11.8 Å². The molecule has 15 aromatic rings. The van der Waals surface area contributed by atoms with E-state index in [1.54, 1.807) is 6.07 Å². The normalized spacial score (nSPS) is 12.8. The van der Waals surface area contributed by atoms with Crippen molar-refractivity contribution in [3.8, 4) is 33.4 Å². The predicted octanol–water partition coefficient (Wildman–Crippen LogP) is 20.8. The van der Waals surface area contributed by atoms with E-state index >= 15 is 8.78 Å². The summed E-state index contributed by atoms with van der Waals surface area (Å²) in [6.45, 7) is -0.969. The molecule has 0 atom stereocenters. The Morgan fingerprint density at radius 3 is 1.16 bits per heavy atom. The molecule has 0 N–H and O–H groups in total. The Balaban J connectivity index is 0.898. The van der Waals surface area contributed by atoms with Gasteiger partial charge in [-0.15, -0.1) is 0 Å². The van der Waals surface area contributed by atoms with Crippen LogP contribution in [0.5, 0.6) is 0 Å². The van der Waals surface area contributed by atoms with Crippen molar-refractivity contribution in [3.63, 3.8) is 0 Å². The van der Waals surface area contributed by atoms with Crippen molar-refractivity contribution in [2.75, 3.05) is 24.5 Å². The topological polar surface area (TPSA) is 16.2 Å². The number of fused-ring (bicyclic) bond motifs is 8. The van der Waals surface area contributed by atoms with Crippen LogP contribution in [0.3, 0.4) is 0 Å². The van der Waals surface area contributed by atoms with Crippen molar-refractivity contribution in [1.29, 1.82) is 0 Å². The molecule has 4 aliphatic rings. The molecular weight excluding hydrogens is 1240 g/mol. The lowest BCUT2D eigenvalue weighted by molar-refractivity contribution is 0.603. The molecule has 4 heterocycles. The van der Waals surface area contributed by atoms with Gasteiger partial charge in [-0.25, -0.2) is 8.78 Å². The molecule has 0 spiro atoms. The number of benzene rings is 15. The maximum atomic E-state index is 20.8. The van der Waals surface area contributed by atoms with Crippen molar-refractivity contribution >= 4 is 143 Å². The zero-order chi connectivity index (χ0) is 66.4. The first-order valence-electron chi connectivity index (χ1n) is 33.9. The molecule has 0 saturated heterocycles. The van der Waals surface area contributed by atoms with Crippen LogP contribution in [0.25, 0.3) is 33.4 Å². The first kappa shape index (κ1) is 58.9. The molecular formula is C90H59B2F2N5S. The van der Waals surface area contributed by atoms with E-state index in [0.29, 0.717) is 21.8 Å². The zero-order valence-corrected chi connectivity index (χ0v) is 54.9. The molecule has 10 heteroatoms. The highest BCUT2D eigenvalue weighted by Crippen LogP contribution is 2.54. The van der Waals surface area contributed by atoms with Gasteiger partial charge in [0.15, 0.2) is 5.82 Å². The Hall–Kier alpha value is -12.4. The molecule has 0 radical (unpaired) electrons. The molecule has 0 amide bonds. The van der Waals surface area contributed by atoms with Crippen LogP contribution in [0.4, 0.5) is 94.1 Å². The van der Waals surface area contributed by atoms with Gasteiger partial charge in [-0.05, 0) is 170 Å². The van der Waals surface area contributed by atoms with Gasteiger partial charge in [-0.1, -0.05) is 260 Å². The van der Waals surface area contributed by atoms with Crippen LogP contribution in [0, 0.1) is 11.6 Å². The van der Waals surface area contributed by atoms with Crippen molar-refractivity contribution in [2.24, 2.45) is 0 Å². The second kappa shape index (κ2) is 24.3. The molecule has 0 aromatic heterocycles. The van der Waals surface area contributed by atoms with Crippen molar-refractivity contribution < 1.29 is 8.78 Å². The van der Waals surface area contributed by atoms with E-state index in [2.05, 4.69) is 299 Å². The number of anilines is 15. The smallest absolute Gasteiger partial charge is 0.252 e. The van der Waals surface area contributed by atoms with Crippen LogP contribution in [-0.4, -0.2) is 13.4 Å². The number of nitrogens with zero attached hydrogens (tertiary/aromatic N) is 5. The zero-order valence-electron chi connectivity index (χ0n) is 54.1. The second-order valence-corrected chi connectivity index (χ2v) is 26.8. The van der Waals surface area contributed by atoms with Gasteiger partial charge in [0.2, 0.25) is 6.71 Å². The molecule has 0 aliphatic carbocycles. The Labute approximate surface area is 585 Å². The summed E-state index contributed by atoms with van der Waals surface area (Å²) in [5.74, 6) is -0.905. The fourth-order valence-electron chi connectivity index (χ4n) is 15.9. The molecule has 5 nitrogen and oxygen atoms in total. The number of rotatable bonds is 12. The van der Waals surface area contributed by atoms with E-state index in [0.717, 1.165) is 134 Å². The minimum Gasteiger partial charge on any atom is -0.311 e. The summed E-state index contributed by atoms with van der Waals surface area (Å²) in [6, 6.07) is 124. The second-order valence-electron chi connectivity index (χ2n) is 25.8. The SMILES string of the molecule is Fc1cccc(-c2ccccc2)c1N1c2cc(N(c3ccccc3)c3ccccc3)cc3c2B(c2ccccc2N3c2ccccc2)c2cc3c(c(F)c21)Sc1cc(N(c2ccc(-c4ccccc4)cc2)c2ccc(-c4ccccc4)cc2)cc2c1B3c1ccccc1N2c1ccccc1. The van der Waals surface area contributed by atoms with Gasteiger partial charge in [0.1, 0.15) is 5.82 Å². The molecule has 4 aliphatic heterocycles. The maximum Gasteiger partial charge on any atom is 0.252 e. The van der Waals surface area contributed by atoms with Gasteiger partial charge in [0.25, 0.3) is 6.71 Å². The van der Waals surface area contributed by atoms with Gasteiger partial charge >= 0.3 is 0 Å². The molecule has 0 bridgehead atoms. The lowest BCUT2D eigenvalue weighted by Crippen LogP contribution is -2.65. The van der Waals surface area contributed by atoms with Gasteiger partial charge in [0, 0.05) is 83.6 Å². The Bertz CT molecular complexity index is 5500. The third kappa shape index (κ3) is 9.69. The van der Waals surface area contributed by atoms with Crippen LogP contribution in [0.2, 0.25) is 0 Å². The third-order valence-corrected chi connectivity index (χ3v) is 21.3. The highest BCUT2D eigenvalue weighted by Gasteiger charge is 2.50. The molecule has 100 heavy (non-hydrogen) atoms.